The normalized spacial score (nSPS) is 23.6. The van der Waals surface area contributed by atoms with Crippen molar-refractivity contribution in [1.29, 1.82) is 0 Å². The standard InChI is InChI=1S/C13H19O5P/c1-4-16-19(14,17-5-2)12-9-10(3)18-13(12)11-7-6-8-15-11/h6-8,12-13H,3-5,9H2,1-2H3. The van der Waals surface area contributed by atoms with Gasteiger partial charge in [-0.3, -0.25) is 4.57 Å². The molecule has 0 amide bonds. The monoisotopic (exact) mass is 286 g/mol. The topological polar surface area (TPSA) is 57.9 Å². The SMILES string of the molecule is C=C1CC(P(=O)(OCC)OCC)C(c2ccco2)O1. The van der Waals surface area contributed by atoms with E-state index < -0.39 is 19.4 Å². The second kappa shape index (κ2) is 5.95. The van der Waals surface area contributed by atoms with Crippen molar-refractivity contribution in [1.82, 2.24) is 0 Å². The maximum atomic E-state index is 12.9. The van der Waals surface area contributed by atoms with Gasteiger partial charge in [0.15, 0.2) is 6.10 Å². The Morgan fingerprint density at radius 3 is 2.63 bits per heavy atom. The van der Waals surface area contributed by atoms with Crippen molar-refractivity contribution in [2.45, 2.75) is 32.0 Å². The number of hydrogen-bond acceptors (Lipinski definition) is 5. The van der Waals surface area contributed by atoms with Gasteiger partial charge in [-0.15, -0.1) is 0 Å². The van der Waals surface area contributed by atoms with Crippen molar-refractivity contribution < 1.29 is 22.8 Å². The first kappa shape index (κ1) is 14.4. The zero-order valence-corrected chi connectivity index (χ0v) is 12.1. The van der Waals surface area contributed by atoms with Crippen molar-refractivity contribution in [3.8, 4) is 0 Å². The first-order chi connectivity index (χ1) is 9.10. The lowest BCUT2D eigenvalue weighted by Gasteiger charge is -2.25. The van der Waals surface area contributed by atoms with E-state index in [0.717, 1.165) is 0 Å². The van der Waals surface area contributed by atoms with Gasteiger partial charge >= 0.3 is 7.60 Å². The molecule has 106 valence electrons. The van der Waals surface area contributed by atoms with Gasteiger partial charge in [0.1, 0.15) is 11.4 Å². The van der Waals surface area contributed by atoms with E-state index >= 15 is 0 Å². The molecule has 6 heteroatoms. The zero-order chi connectivity index (χ0) is 13.9. The van der Waals surface area contributed by atoms with Crippen LogP contribution in [0.4, 0.5) is 0 Å². The summed E-state index contributed by atoms with van der Waals surface area (Å²) in [4.78, 5) is 0. The minimum absolute atomic E-state index is 0.325. The smallest absolute Gasteiger partial charge is 0.338 e. The van der Waals surface area contributed by atoms with Gasteiger partial charge in [0.2, 0.25) is 0 Å². The molecule has 2 rings (SSSR count). The molecule has 2 unspecified atom stereocenters. The van der Waals surface area contributed by atoms with Gasteiger partial charge in [-0.2, -0.15) is 0 Å². The van der Waals surface area contributed by atoms with Crippen LogP contribution in [-0.2, 0) is 18.3 Å². The van der Waals surface area contributed by atoms with Crippen LogP contribution in [0.2, 0.25) is 0 Å². The fourth-order valence-electron chi connectivity index (χ4n) is 2.21. The fourth-order valence-corrected chi connectivity index (χ4v) is 4.36. The highest BCUT2D eigenvalue weighted by Crippen LogP contribution is 2.62. The molecule has 0 aliphatic carbocycles. The van der Waals surface area contributed by atoms with Crippen molar-refractivity contribution >= 4 is 7.60 Å². The second-order valence-corrected chi connectivity index (χ2v) is 6.50. The van der Waals surface area contributed by atoms with Crippen LogP contribution in [0.1, 0.15) is 32.1 Å². The lowest BCUT2D eigenvalue weighted by molar-refractivity contribution is 0.128. The molecule has 5 nitrogen and oxygen atoms in total. The van der Waals surface area contributed by atoms with Crippen molar-refractivity contribution in [2.24, 2.45) is 0 Å². The molecule has 1 aromatic heterocycles. The van der Waals surface area contributed by atoms with Gasteiger partial charge in [-0.25, -0.2) is 0 Å². The van der Waals surface area contributed by atoms with Crippen molar-refractivity contribution in [3.63, 3.8) is 0 Å². The lowest BCUT2D eigenvalue weighted by Crippen LogP contribution is -2.17. The molecule has 1 aliphatic heterocycles. The molecule has 0 saturated carbocycles. The summed E-state index contributed by atoms with van der Waals surface area (Å²) in [6.07, 6.45) is 1.54. The van der Waals surface area contributed by atoms with Crippen LogP contribution in [0.5, 0.6) is 0 Å². The van der Waals surface area contributed by atoms with E-state index in [9.17, 15) is 4.57 Å². The summed E-state index contributed by atoms with van der Waals surface area (Å²) in [7, 11) is -3.25. The summed E-state index contributed by atoms with van der Waals surface area (Å²) >= 11 is 0. The number of furan rings is 1. The minimum atomic E-state index is -3.25. The third kappa shape index (κ3) is 2.94. The highest BCUT2D eigenvalue weighted by Gasteiger charge is 2.48. The Hall–Kier alpha value is -1.03. The lowest BCUT2D eigenvalue weighted by atomic mass is 10.2. The summed E-state index contributed by atoms with van der Waals surface area (Å²) in [6.45, 7) is 8.03. The molecular weight excluding hydrogens is 267 g/mol. The van der Waals surface area contributed by atoms with Crippen molar-refractivity contribution in [3.05, 3.63) is 36.5 Å². The van der Waals surface area contributed by atoms with Crippen molar-refractivity contribution in [2.75, 3.05) is 13.2 Å². The molecule has 1 aliphatic rings. The van der Waals surface area contributed by atoms with Gasteiger partial charge in [-0.1, -0.05) is 6.58 Å². The third-order valence-corrected chi connectivity index (χ3v) is 5.43. The third-order valence-electron chi connectivity index (χ3n) is 2.93. The molecule has 1 saturated heterocycles. The summed E-state index contributed by atoms with van der Waals surface area (Å²) < 4.78 is 34.6. The maximum Gasteiger partial charge on any atom is 0.338 e. The van der Waals surface area contributed by atoms with E-state index in [4.69, 9.17) is 18.2 Å². The molecule has 0 spiro atoms. The summed E-state index contributed by atoms with van der Waals surface area (Å²) in [5.41, 5.74) is -0.411. The molecule has 2 atom stereocenters. The largest absolute Gasteiger partial charge is 0.486 e. The molecule has 0 aromatic carbocycles. The predicted octanol–water partition coefficient (Wildman–Crippen LogP) is 3.89. The highest BCUT2D eigenvalue weighted by atomic mass is 31.2. The number of allylic oxidation sites excluding steroid dienone is 1. The number of ether oxygens (including phenoxy) is 1. The molecule has 0 bridgehead atoms. The molecule has 1 fully saturated rings. The maximum absolute atomic E-state index is 12.9. The average Bonchev–Trinajstić information content (AvgIpc) is 2.98. The van der Waals surface area contributed by atoms with Gasteiger partial charge in [0.05, 0.1) is 25.2 Å². The summed E-state index contributed by atoms with van der Waals surface area (Å²) in [5, 5.41) is 0. The van der Waals surface area contributed by atoms with Crippen LogP contribution < -0.4 is 0 Å². The Labute approximate surface area is 113 Å². The molecule has 0 N–H and O–H groups in total. The van der Waals surface area contributed by atoms with E-state index in [0.29, 0.717) is 31.2 Å². The Bertz CT molecular complexity index is 457. The van der Waals surface area contributed by atoms with Gasteiger partial charge in [-0.05, 0) is 26.0 Å². The van der Waals surface area contributed by atoms with E-state index in [-0.39, 0.29) is 0 Å². The quantitative estimate of drug-likeness (QED) is 0.742. The van der Waals surface area contributed by atoms with Crippen LogP contribution in [0, 0.1) is 0 Å². The van der Waals surface area contributed by atoms with E-state index in [1.807, 2.05) is 0 Å². The number of hydrogen-bond donors (Lipinski definition) is 0. The first-order valence-corrected chi connectivity index (χ1v) is 7.98. The van der Waals surface area contributed by atoms with Crippen LogP contribution in [0.3, 0.4) is 0 Å². The Morgan fingerprint density at radius 1 is 1.42 bits per heavy atom. The van der Waals surface area contributed by atoms with Crippen LogP contribution >= 0.6 is 7.60 Å². The Morgan fingerprint density at radius 2 is 2.11 bits per heavy atom. The first-order valence-electron chi connectivity index (χ1n) is 6.37. The van der Waals surface area contributed by atoms with Crippen LogP contribution in [0.25, 0.3) is 0 Å². The molecule has 2 heterocycles. The van der Waals surface area contributed by atoms with Gasteiger partial charge in [0.25, 0.3) is 0 Å². The van der Waals surface area contributed by atoms with E-state index in [2.05, 4.69) is 6.58 Å². The van der Waals surface area contributed by atoms with E-state index in [1.165, 1.54) is 0 Å². The van der Waals surface area contributed by atoms with E-state index in [1.54, 1.807) is 32.2 Å². The zero-order valence-electron chi connectivity index (χ0n) is 11.2. The Kier molecular flexibility index (Phi) is 4.50. The molecule has 1 aromatic rings. The summed E-state index contributed by atoms with van der Waals surface area (Å²) in [5.74, 6) is 1.19. The average molecular weight is 286 g/mol. The summed E-state index contributed by atoms with van der Waals surface area (Å²) in [6, 6.07) is 3.56. The molecule has 19 heavy (non-hydrogen) atoms. The molecule has 0 radical (unpaired) electrons. The number of rotatable bonds is 6. The predicted molar refractivity (Wildman–Crippen MR) is 70.9 cm³/mol. The Balaban J connectivity index is 2.29. The molecular formula is C13H19O5P. The van der Waals surface area contributed by atoms with Gasteiger partial charge < -0.3 is 18.2 Å². The van der Waals surface area contributed by atoms with Gasteiger partial charge in [0, 0.05) is 6.42 Å². The highest BCUT2D eigenvalue weighted by molar-refractivity contribution is 7.54. The fraction of sp³-hybridized carbons (Fsp3) is 0.538. The second-order valence-electron chi connectivity index (χ2n) is 4.24. The van der Waals surface area contributed by atoms with Crippen LogP contribution in [-0.4, -0.2) is 18.9 Å². The van der Waals surface area contributed by atoms with Crippen LogP contribution in [0.15, 0.2) is 35.2 Å². The minimum Gasteiger partial charge on any atom is -0.486 e.